The minimum atomic E-state index is 0.209. The van der Waals surface area contributed by atoms with Crippen LogP contribution in [0.5, 0.6) is 0 Å². The predicted molar refractivity (Wildman–Crippen MR) is 82.8 cm³/mol. The number of likely N-dealkylation sites (N-methyl/N-ethyl adjacent to an activating group) is 1. The summed E-state index contributed by atoms with van der Waals surface area (Å²) >= 11 is 0. The molecule has 1 unspecified atom stereocenters. The van der Waals surface area contributed by atoms with Crippen LogP contribution in [0.15, 0.2) is 36.7 Å². The first-order valence-corrected chi connectivity index (χ1v) is 7.29. The zero-order valence-corrected chi connectivity index (χ0v) is 12.2. The summed E-state index contributed by atoms with van der Waals surface area (Å²) in [7, 11) is 4.23. The molecule has 3 rings (SSSR count). The summed E-state index contributed by atoms with van der Waals surface area (Å²) in [5.41, 5.74) is 3.89. The first kappa shape index (κ1) is 13.3. The molecule has 0 amide bonds. The fourth-order valence-corrected chi connectivity index (χ4v) is 2.73. The highest BCUT2D eigenvalue weighted by molar-refractivity contribution is 5.84. The minimum absolute atomic E-state index is 0.209. The Labute approximate surface area is 120 Å². The van der Waals surface area contributed by atoms with E-state index in [0.717, 1.165) is 25.8 Å². The molecule has 20 heavy (non-hydrogen) atoms. The van der Waals surface area contributed by atoms with E-state index >= 15 is 0 Å². The second-order valence-electron chi connectivity index (χ2n) is 5.75. The van der Waals surface area contributed by atoms with Crippen molar-refractivity contribution >= 4 is 10.9 Å². The molecular formula is C17H22N2O. The molecule has 1 aliphatic rings. The van der Waals surface area contributed by atoms with Crippen molar-refractivity contribution in [2.75, 3.05) is 20.6 Å². The Hall–Kier alpha value is -1.74. The van der Waals surface area contributed by atoms with Crippen molar-refractivity contribution < 1.29 is 4.74 Å². The van der Waals surface area contributed by atoms with E-state index in [2.05, 4.69) is 54.5 Å². The van der Waals surface area contributed by atoms with Crippen LogP contribution in [0.3, 0.4) is 0 Å². The van der Waals surface area contributed by atoms with E-state index in [0.29, 0.717) is 0 Å². The average Bonchev–Trinajstić information content (AvgIpc) is 2.88. The highest BCUT2D eigenvalue weighted by Crippen LogP contribution is 2.30. The standard InChI is InChI=1S/C17H22N2O/c1-19(2)9-8-14-12-18-16-7-6-13(11-15(14)16)17-5-3-4-10-20-17/h4,6-7,10-12,17-18H,3,5,8-9H2,1-2H3. The third kappa shape index (κ3) is 2.73. The zero-order valence-electron chi connectivity index (χ0n) is 12.2. The van der Waals surface area contributed by atoms with E-state index in [1.165, 1.54) is 22.0 Å². The van der Waals surface area contributed by atoms with Crippen molar-refractivity contribution in [1.82, 2.24) is 9.88 Å². The van der Waals surface area contributed by atoms with E-state index in [9.17, 15) is 0 Å². The van der Waals surface area contributed by atoms with Crippen LogP contribution in [0.1, 0.15) is 30.1 Å². The number of rotatable bonds is 4. The SMILES string of the molecule is CN(C)CCc1c[nH]c2ccc(C3CCC=CO3)cc12. The van der Waals surface area contributed by atoms with Gasteiger partial charge in [-0.2, -0.15) is 0 Å². The topological polar surface area (TPSA) is 28.3 Å². The van der Waals surface area contributed by atoms with Gasteiger partial charge in [0.15, 0.2) is 0 Å². The van der Waals surface area contributed by atoms with Crippen molar-refractivity contribution in [3.05, 3.63) is 47.9 Å². The molecule has 1 atom stereocenters. The molecule has 0 bridgehead atoms. The number of aromatic nitrogens is 1. The van der Waals surface area contributed by atoms with Crippen LogP contribution in [-0.2, 0) is 11.2 Å². The third-order valence-corrected chi connectivity index (χ3v) is 3.93. The number of allylic oxidation sites excluding steroid dienone is 1. The van der Waals surface area contributed by atoms with Gasteiger partial charge in [0.2, 0.25) is 0 Å². The molecule has 3 heteroatoms. The molecule has 0 saturated heterocycles. The lowest BCUT2D eigenvalue weighted by atomic mass is 10.00. The first-order chi connectivity index (χ1) is 9.74. The molecule has 2 aromatic rings. The molecule has 3 nitrogen and oxygen atoms in total. The Morgan fingerprint density at radius 3 is 3.00 bits per heavy atom. The maximum atomic E-state index is 5.73. The van der Waals surface area contributed by atoms with Crippen LogP contribution < -0.4 is 0 Å². The first-order valence-electron chi connectivity index (χ1n) is 7.29. The van der Waals surface area contributed by atoms with Crippen molar-refractivity contribution in [2.24, 2.45) is 0 Å². The number of nitrogens with zero attached hydrogens (tertiary/aromatic N) is 1. The number of H-pyrrole nitrogens is 1. The van der Waals surface area contributed by atoms with Gasteiger partial charge in [0.25, 0.3) is 0 Å². The maximum absolute atomic E-state index is 5.73. The van der Waals surface area contributed by atoms with E-state index in [4.69, 9.17) is 4.74 Å². The molecule has 0 spiro atoms. The van der Waals surface area contributed by atoms with Crippen molar-refractivity contribution in [3.8, 4) is 0 Å². The Balaban J connectivity index is 1.88. The lowest BCUT2D eigenvalue weighted by Crippen LogP contribution is -2.14. The number of nitrogens with one attached hydrogen (secondary N) is 1. The Bertz CT molecular complexity index is 612. The number of hydrogen-bond donors (Lipinski definition) is 1. The van der Waals surface area contributed by atoms with Crippen LogP contribution in [-0.4, -0.2) is 30.5 Å². The van der Waals surface area contributed by atoms with Gasteiger partial charge in [-0.3, -0.25) is 0 Å². The predicted octanol–water partition coefficient (Wildman–Crippen LogP) is 3.64. The summed E-state index contributed by atoms with van der Waals surface area (Å²) in [5.74, 6) is 0. The van der Waals surface area contributed by atoms with Gasteiger partial charge in [-0.15, -0.1) is 0 Å². The van der Waals surface area contributed by atoms with Gasteiger partial charge in [0.1, 0.15) is 6.10 Å². The third-order valence-electron chi connectivity index (χ3n) is 3.93. The number of hydrogen-bond acceptors (Lipinski definition) is 2. The number of aromatic amines is 1. The molecule has 2 heterocycles. The number of fused-ring (bicyclic) bond motifs is 1. The van der Waals surface area contributed by atoms with Crippen LogP contribution >= 0.6 is 0 Å². The Morgan fingerprint density at radius 1 is 1.35 bits per heavy atom. The number of ether oxygens (including phenoxy) is 1. The monoisotopic (exact) mass is 270 g/mol. The zero-order chi connectivity index (χ0) is 13.9. The largest absolute Gasteiger partial charge is 0.494 e. The van der Waals surface area contributed by atoms with Crippen LogP contribution in [0.25, 0.3) is 10.9 Å². The summed E-state index contributed by atoms with van der Waals surface area (Å²) in [4.78, 5) is 5.59. The van der Waals surface area contributed by atoms with E-state index in [-0.39, 0.29) is 6.10 Å². The molecule has 0 radical (unpaired) electrons. The highest BCUT2D eigenvalue weighted by atomic mass is 16.5. The molecule has 1 aromatic heterocycles. The fraction of sp³-hybridized carbons (Fsp3) is 0.412. The average molecular weight is 270 g/mol. The van der Waals surface area contributed by atoms with Crippen molar-refractivity contribution in [1.29, 1.82) is 0 Å². The summed E-state index contributed by atoms with van der Waals surface area (Å²) in [6.07, 6.45) is 9.52. The van der Waals surface area contributed by atoms with Gasteiger partial charge in [0, 0.05) is 23.6 Å². The van der Waals surface area contributed by atoms with Gasteiger partial charge in [-0.25, -0.2) is 0 Å². The molecule has 0 saturated carbocycles. The number of benzene rings is 1. The summed E-state index contributed by atoms with van der Waals surface area (Å²) in [6, 6.07) is 6.64. The van der Waals surface area contributed by atoms with Crippen LogP contribution in [0, 0.1) is 0 Å². The normalized spacial score (nSPS) is 18.6. The molecule has 0 aliphatic carbocycles. The molecule has 1 aliphatic heterocycles. The lowest BCUT2D eigenvalue weighted by molar-refractivity contribution is 0.125. The molecule has 1 N–H and O–H groups in total. The molecule has 106 valence electrons. The molecule has 0 fully saturated rings. The van der Waals surface area contributed by atoms with Gasteiger partial charge in [-0.05, 0) is 62.7 Å². The van der Waals surface area contributed by atoms with Crippen LogP contribution in [0.4, 0.5) is 0 Å². The van der Waals surface area contributed by atoms with Crippen molar-refractivity contribution in [3.63, 3.8) is 0 Å². The minimum Gasteiger partial charge on any atom is -0.494 e. The van der Waals surface area contributed by atoms with E-state index in [1.54, 1.807) is 0 Å². The molecular weight excluding hydrogens is 248 g/mol. The summed E-state index contributed by atoms with van der Waals surface area (Å²) in [6.45, 7) is 1.07. The fourth-order valence-electron chi connectivity index (χ4n) is 2.73. The lowest BCUT2D eigenvalue weighted by Gasteiger charge is -2.20. The smallest absolute Gasteiger partial charge is 0.123 e. The highest BCUT2D eigenvalue weighted by Gasteiger charge is 2.15. The van der Waals surface area contributed by atoms with Gasteiger partial charge in [0.05, 0.1) is 6.26 Å². The van der Waals surface area contributed by atoms with Crippen molar-refractivity contribution in [2.45, 2.75) is 25.4 Å². The Kier molecular flexibility index (Phi) is 3.79. The second-order valence-corrected chi connectivity index (χ2v) is 5.75. The quantitative estimate of drug-likeness (QED) is 0.918. The Morgan fingerprint density at radius 2 is 2.25 bits per heavy atom. The second kappa shape index (κ2) is 5.71. The molecule has 1 aromatic carbocycles. The summed E-state index contributed by atoms with van der Waals surface area (Å²) in [5, 5.41) is 1.34. The van der Waals surface area contributed by atoms with E-state index < -0.39 is 0 Å². The van der Waals surface area contributed by atoms with Gasteiger partial charge >= 0.3 is 0 Å². The van der Waals surface area contributed by atoms with Gasteiger partial charge in [-0.1, -0.05) is 6.07 Å². The maximum Gasteiger partial charge on any atom is 0.123 e. The van der Waals surface area contributed by atoms with E-state index in [1.807, 2.05) is 6.26 Å². The van der Waals surface area contributed by atoms with Crippen LogP contribution in [0.2, 0.25) is 0 Å². The summed E-state index contributed by atoms with van der Waals surface area (Å²) < 4.78 is 5.73. The van der Waals surface area contributed by atoms with Gasteiger partial charge < -0.3 is 14.6 Å².